The van der Waals surface area contributed by atoms with Gasteiger partial charge in [0.2, 0.25) is 5.95 Å². The topological polar surface area (TPSA) is 63.6 Å². The molecule has 0 aromatic carbocycles. The number of aromatic nitrogens is 3. The van der Waals surface area contributed by atoms with Crippen LogP contribution in [0.3, 0.4) is 0 Å². The lowest BCUT2D eigenvalue weighted by molar-refractivity contribution is -0.169. The van der Waals surface area contributed by atoms with Gasteiger partial charge in [0, 0.05) is 39.0 Å². The maximum absolute atomic E-state index is 5.78. The molecule has 7 nitrogen and oxygen atoms in total. The Balaban J connectivity index is 1.42. The largest absolute Gasteiger partial charge is 0.355 e. The van der Waals surface area contributed by atoms with Gasteiger partial charge in [-0.3, -0.25) is 0 Å². The summed E-state index contributed by atoms with van der Waals surface area (Å²) in [5, 5.41) is 8.43. The van der Waals surface area contributed by atoms with Gasteiger partial charge in [-0.25, -0.2) is 0 Å². The molecule has 4 heterocycles. The summed E-state index contributed by atoms with van der Waals surface area (Å²) in [5.74, 6) is 2.14. The van der Waals surface area contributed by atoms with Gasteiger partial charge in [0.05, 0.1) is 19.4 Å². The first-order valence-corrected chi connectivity index (χ1v) is 8.72. The van der Waals surface area contributed by atoms with Crippen LogP contribution in [0, 0.1) is 5.92 Å². The Kier molecular flexibility index (Phi) is 4.07. The third-order valence-corrected chi connectivity index (χ3v) is 5.26. The first kappa shape index (κ1) is 15.1. The highest BCUT2D eigenvalue weighted by Crippen LogP contribution is 2.32. The summed E-state index contributed by atoms with van der Waals surface area (Å²) >= 11 is 0. The van der Waals surface area contributed by atoms with Crippen molar-refractivity contribution in [2.24, 2.45) is 5.92 Å². The number of anilines is 2. The Morgan fingerprint density at radius 1 is 1.04 bits per heavy atom. The summed E-state index contributed by atoms with van der Waals surface area (Å²) in [4.78, 5) is 9.28. The molecule has 1 aromatic heterocycles. The number of hydrogen-bond donors (Lipinski definition) is 0. The molecule has 0 N–H and O–H groups in total. The quantitative estimate of drug-likeness (QED) is 0.817. The van der Waals surface area contributed by atoms with Crippen molar-refractivity contribution in [2.75, 3.05) is 49.2 Å². The molecule has 23 heavy (non-hydrogen) atoms. The van der Waals surface area contributed by atoms with E-state index in [9.17, 15) is 0 Å². The first-order chi connectivity index (χ1) is 11.2. The van der Waals surface area contributed by atoms with Gasteiger partial charge in [0.1, 0.15) is 0 Å². The van der Waals surface area contributed by atoms with Crippen molar-refractivity contribution in [3.8, 4) is 0 Å². The van der Waals surface area contributed by atoms with Crippen molar-refractivity contribution >= 4 is 11.8 Å². The lowest BCUT2D eigenvalue weighted by Gasteiger charge is -2.37. The molecule has 4 rings (SSSR count). The number of rotatable bonds is 2. The van der Waals surface area contributed by atoms with Crippen molar-refractivity contribution in [3.63, 3.8) is 0 Å². The van der Waals surface area contributed by atoms with Crippen LogP contribution in [0.2, 0.25) is 0 Å². The van der Waals surface area contributed by atoms with Crippen molar-refractivity contribution < 1.29 is 9.47 Å². The number of hydrogen-bond acceptors (Lipinski definition) is 7. The molecule has 0 saturated carbocycles. The highest BCUT2D eigenvalue weighted by Gasteiger charge is 2.40. The molecule has 0 radical (unpaired) electrons. The Labute approximate surface area is 137 Å². The molecule has 1 spiro atoms. The SMILES string of the molecule is CC1CCN(c2cnnc(N3CCC4(CC3)OCCO4)n2)CC1. The molecule has 0 bridgehead atoms. The third kappa shape index (κ3) is 3.12. The van der Waals surface area contributed by atoms with Crippen LogP contribution in [0.25, 0.3) is 0 Å². The van der Waals surface area contributed by atoms with Crippen LogP contribution in [-0.4, -0.2) is 60.4 Å². The molecule has 3 aliphatic rings. The van der Waals surface area contributed by atoms with E-state index in [1.807, 2.05) is 0 Å². The second kappa shape index (κ2) is 6.20. The van der Waals surface area contributed by atoms with Crippen molar-refractivity contribution in [2.45, 2.75) is 38.4 Å². The van der Waals surface area contributed by atoms with Gasteiger partial charge in [-0.15, -0.1) is 5.10 Å². The number of piperidine rings is 2. The maximum atomic E-state index is 5.78. The lowest BCUT2D eigenvalue weighted by atomic mass is 9.99. The minimum Gasteiger partial charge on any atom is -0.355 e. The molecule has 3 saturated heterocycles. The van der Waals surface area contributed by atoms with Crippen molar-refractivity contribution in [1.29, 1.82) is 0 Å². The summed E-state index contributed by atoms with van der Waals surface area (Å²) in [7, 11) is 0. The molecule has 0 aliphatic carbocycles. The molecule has 0 amide bonds. The summed E-state index contributed by atoms with van der Waals surface area (Å²) in [6, 6.07) is 0. The van der Waals surface area contributed by atoms with Gasteiger partial charge in [0.25, 0.3) is 0 Å². The van der Waals surface area contributed by atoms with Gasteiger partial charge >= 0.3 is 0 Å². The highest BCUT2D eigenvalue weighted by atomic mass is 16.7. The highest BCUT2D eigenvalue weighted by molar-refractivity contribution is 5.42. The standard InChI is InChI=1S/C16H25N5O2/c1-13-2-6-20(7-3-13)14-12-17-19-15(18-14)21-8-4-16(5-9-21)22-10-11-23-16/h12-13H,2-11H2,1H3. The van der Waals surface area contributed by atoms with Gasteiger partial charge < -0.3 is 19.3 Å². The maximum Gasteiger partial charge on any atom is 0.247 e. The first-order valence-electron chi connectivity index (χ1n) is 8.72. The van der Waals surface area contributed by atoms with Crippen LogP contribution in [0.15, 0.2) is 6.20 Å². The Hall–Kier alpha value is -1.47. The predicted octanol–water partition coefficient (Wildman–Crippen LogP) is 1.45. The fraction of sp³-hybridized carbons (Fsp3) is 0.812. The minimum absolute atomic E-state index is 0.357. The van der Waals surface area contributed by atoms with Gasteiger partial charge in [0.15, 0.2) is 11.6 Å². The average molecular weight is 319 g/mol. The predicted molar refractivity (Wildman–Crippen MR) is 86.5 cm³/mol. The molecule has 0 unspecified atom stereocenters. The van der Waals surface area contributed by atoms with E-state index in [1.54, 1.807) is 6.20 Å². The summed E-state index contributed by atoms with van der Waals surface area (Å²) < 4.78 is 11.6. The summed E-state index contributed by atoms with van der Waals surface area (Å²) in [5.41, 5.74) is 0. The van der Waals surface area contributed by atoms with Crippen LogP contribution in [0.4, 0.5) is 11.8 Å². The van der Waals surface area contributed by atoms with Gasteiger partial charge in [-0.05, 0) is 18.8 Å². The molecule has 3 aliphatic heterocycles. The fourth-order valence-corrected chi connectivity index (χ4v) is 3.64. The molecule has 0 atom stereocenters. The Bertz CT molecular complexity index is 531. The van der Waals surface area contributed by atoms with E-state index in [4.69, 9.17) is 14.5 Å². The monoisotopic (exact) mass is 319 g/mol. The van der Waals surface area contributed by atoms with E-state index < -0.39 is 0 Å². The molecule has 1 aromatic rings. The Morgan fingerprint density at radius 2 is 1.74 bits per heavy atom. The fourth-order valence-electron chi connectivity index (χ4n) is 3.64. The zero-order chi connectivity index (χ0) is 15.7. The molecule has 126 valence electrons. The van der Waals surface area contributed by atoms with E-state index in [0.717, 1.165) is 56.7 Å². The van der Waals surface area contributed by atoms with Crippen LogP contribution >= 0.6 is 0 Å². The Morgan fingerprint density at radius 3 is 2.43 bits per heavy atom. The normalized spacial score (nSPS) is 25.3. The smallest absolute Gasteiger partial charge is 0.247 e. The molecule has 7 heteroatoms. The third-order valence-electron chi connectivity index (χ3n) is 5.26. The van der Waals surface area contributed by atoms with E-state index in [1.165, 1.54) is 12.8 Å². The second-order valence-electron chi connectivity index (χ2n) is 6.88. The second-order valence-corrected chi connectivity index (χ2v) is 6.88. The van der Waals surface area contributed by atoms with Gasteiger partial charge in [-0.1, -0.05) is 6.92 Å². The summed E-state index contributed by atoms with van der Waals surface area (Å²) in [6.07, 6.45) is 5.96. The number of ether oxygens (including phenoxy) is 2. The zero-order valence-corrected chi connectivity index (χ0v) is 13.8. The lowest BCUT2D eigenvalue weighted by Crippen LogP contribution is -2.46. The zero-order valence-electron chi connectivity index (χ0n) is 13.8. The average Bonchev–Trinajstić information content (AvgIpc) is 3.04. The molecular formula is C16H25N5O2. The van der Waals surface area contributed by atoms with Crippen molar-refractivity contribution in [1.82, 2.24) is 15.2 Å². The van der Waals surface area contributed by atoms with Crippen molar-refractivity contribution in [3.05, 3.63) is 6.20 Å². The van der Waals surface area contributed by atoms with E-state index in [0.29, 0.717) is 13.2 Å². The molecule has 3 fully saturated rings. The summed E-state index contributed by atoms with van der Waals surface area (Å²) in [6.45, 7) is 7.55. The van der Waals surface area contributed by atoms with Crippen LogP contribution < -0.4 is 9.80 Å². The minimum atomic E-state index is -0.357. The number of nitrogens with zero attached hydrogens (tertiary/aromatic N) is 5. The van der Waals surface area contributed by atoms with E-state index >= 15 is 0 Å². The van der Waals surface area contributed by atoms with Crippen LogP contribution in [0.1, 0.15) is 32.6 Å². The van der Waals surface area contributed by atoms with E-state index in [-0.39, 0.29) is 5.79 Å². The van der Waals surface area contributed by atoms with Crippen LogP contribution in [0.5, 0.6) is 0 Å². The van der Waals surface area contributed by atoms with Crippen LogP contribution in [-0.2, 0) is 9.47 Å². The van der Waals surface area contributed by atoms with E-state index in [2.05, 4.69) is 26.9 Å². The molecular weight excluding hydrogens is 294 g/mol. The van der Waals surface area contributed by atoms with Gasteiger partial charge in [-0.2, -0.15) is 10.1 Å².